The second-order valence-electron chi connectivity index (χ2n) is 5.01. The molecule has 0 radical (unpaired) electrons. The minimum Gasteiger partial charge on any atom is -0.393 e. The van der Waals surface area contributed by atoms with Gasteiger partial charge < -0.3 is 5.11 Å². The van der Waals surface area contributed by atoms with Gasteiger partial charge in [0.2, 0.25) is 0 Å². The molecule has 2 aliphatic carbocycles. The third-order valence-corrected chi connectivity index (χ3v) is 3.98. The van der Waals surface area contributed by atoms with Gasteiger partial charge in [-0.1, -0.05) is 19.3 Å². The highest BCUT2D eigenvalue weighted by Crippen LogP contribution is 2.45. The second kappa shape index (κ2) is 4.01. The van der Waals surface area contributed by atoms with Crippen LogP contribution in [0.5, 0.6) is 0 Å². The molecule has 0 aliphatic heterocycles. The summed E-state index contributed by atoms with van der Waals surface area (Å²) in [4.78, 5) is 12.0. The molecule has 1 spiro atoms. The lowest BCUT2D eigenvalue weighted by atomic mass is 9.74. The lowest BCUT2D eigenvalue weighted by molar-refractivity contribution is -0.130. The quantitative estimate of drug-likeness (QED) is 0.646. The summed E-state index contributed by atoms with van der Waals surface area (Å²) in [6, 6.07) is 0. The van der Waals surface area contributed by atoms with Crippen LogP contribution in [0.2, 0.25) is 0 Å². The monoisotopic (exact) mass is 196 g/mol. The van der Waals surface area contributed by atoms with Crippen molar-refractivity contribution in [2.75, 3.05) is 0 Å². The van der Waals surface area contributed by atoms with E-state index < -0.39 is 0 Å². The van der Waals surface area contributed by atoms with Gasteiger partial charge in [-0.3, -0.25) is 4.79 Å². The minimum atomic E-state index is -0.210. The first-order valence-electron chi connectivity index (χ1n) is 5.94. The number of ketones is 1. The van der Waals surface area contributed by atoms with Crippen LogP contribution in [-0.2, 0) is 4.79 Å². The summed E-state index contributed by atoms with van der Waals surface area (Å²) in [5, 5.41) is 9.57. The standard InChI is InChI=1S/C12H20O2/c13-10-6-8-12(9-10)7-4-2-1-3-5-11(12)14/h10,13H,1-9H2/t10-,12-/m1/s1. The first kappa shape index (κ1) is 10.2. The topological polar surface area (TPSA) is 37.3 Å². The van der Waals surface area contributed by atoms with Crippen molar-refractivity contribution in [2.45, 2.75) is 63.9 Å². The van der Waals surface area contributed by atoms with Crippen LogP contribution in [-0.4, -0.2) is 17.0 Å². The summed E-state index contributed by atoms with van der Waals surface area (Å²) in [7, 11) is 0. The van der Waals surface area contributed by atoms with Crippen LogP contribution >= 0.6 is 0 Å². The van der Waals surface area contributed by atoms with Crippen molar-refractivity contribution in [1.82, 2.24) is 0 Å². The molecular formula is C12H20O2. The number of hydrogen-bond acceptors (Lipinski definition) is 2. The number of aliphatic hydroxyl groups excluding tert-OH is 1. The molecule has 0 unspecified atom stereocenters. The van der Waals surface area contributed by atoms with Crippen LogP contribution in [0.15, 0.2) is 0 Å². The lowest BCUT2D eigenvalue weighted by Gasteiger charge is -2.29. The molecule has 0 aromatic rings. The Labute approximate surface area is 85.7 Å². The van der Waals surface area contributed by atoms with Crippen LogP contribution in [0.1, 0.15) is 57.8 Å². The van der Waals surface area contributed by atoms with Gasteiger partial charge in [-0.2, -0.15) is 0 Å². The minimum absolute atomic E-state index is 0.111. The van der Waals surface area contributed by atoms with Crippen molar-refractivity contribution in [3.05, 3.63) is 0 Å². The summed E-state index contributed by atoms with van der Waals surface area (Å²) in [5.74, 6) is 0.439. The summed E-state index contributed by atoms with van der Waals surface area (Å²) in [6.45, 7) is 0. The summed E-state index contributed by atoms with van der Waals surface area (Å²) < 4.78 is 0. The van der Waals surface area contributed by atoms with Gasteiger partial charge in [0.25, 0.3) is 0 Å². The molecule has 14 heavy (non-hydrogen) atoms. The number of Topliss-reactive ketones (excluding diaryl/α,β-unsaturated/α-hetero) is 1. The maximum atomic E-state index is 12.0. The predicted molar refractivity (Wildman–Crippen MR) is 55.0 cm³/mol. The Morgan fingerprint density at radius 1 is 1.14 bits per heavy atom. The van der Waals surface area contributed by atoms with Gasteiger partial charge in [0.1, 0.15) is 5.78 Å². The fourth-order valence-electron chi connectivity index (χ4n) is 3.09. The van der Waals surface area contributed by atoms with E-state index in [4.69, 9.17) is 0 Å². The van der Waals surface area contributed by atoms with Crippen LogP contribution in [0.25, 0.3) is 0 Å². The molecule has 2 heteroatoms. The molecule has 2 saturated carbocycles. The zero-order chi connectivity index (χ0) is 10.0. The molecule has 2 aliphatic rings. The summed E-state index contributed by atoms with van der Waals surface area (Å²) in [5.41, 5.74) is -0.111. The lowest BCUT2D eigenvalue weighted by Crippen LogP contribution is -2.30. The zero-order valence-electron chi connectivity index (χ0n) is 8.80. The Morgan fingerprint density at radius 3 is 2.64 bits per heavy atom. The highest BCUT2D eigenvalue weighted by atomic mass is 16.3. The Kier molecular flexibility index (Phi) is 2.91. The Balaban J connectivity index is 2.08. The van der Waals surface area contributed by atoms with Gasteiger partial charge in [-0.15, -0.1) is 0 Å². The molecule has 2 atom stereocenters. The number of aliphatic hydroxyl groups is 1. The smallest absolute Gasteiger partial charge is 0.139 e. The molecule has 0 aromatic heterocycles. The van der Waals surface area contributed by atoms with Crippen molar-refractivity contribution in [3.8, 4) is 0 Å². The molecule has 0 bridgehead atoms. The van der Waals surface area contributed by atoms with E-state index in [9.17, 15) is 9.90 Å². The Bertz CT molecular complexity index is 224. The molecule has 2 fully saturated rings. The van der Waals surface area contributed by atoms with Crippen LogP contribution in [0.3, 0.4) is 0 Å². The van der Waals surface area contributed by atoms with Gasteiger partial charge in [0, 0.05) is 11.8 Å². The van der Waals surface area contributed by atoms with E-state index in [0.29, 0.717) is 5.78 Å². The van der Waals surface area contributed by atoms with Gasteiger partial charge in [0.15, 0.2) is 0 Å². The largest absolute Gasteiger partial charge is 0.393 e. The Morgan fingerprint density at radius 2 is 1.93 bits per heavy atom. The first-order valence-corrected chi connectivity index (χ1v) is 5.94. The molecule has 1 N–H and O–H groups in total. The zero-order valence-corrected chi connectivity index (χ0v) is 8.80. The van der Waals surface area contributed by atoms with Crippen molar-refractivity contribution < 1.29 is 9.90 Å². The van der Waals surface area contributed by atoms with Crippen LogP contribution < -0.4 is 0 Å². The van der Waals surface area contributed by atoms with Gasteiger partial charge in [-0.05, 0) is 32.1 Å². The SMILES string of the molecule is O=C1CCCCCC[C@]12CC[C@@H](O)C2. The third kappa shape index (κ3) is 1.85. The number of hydrogen-bond donors (Lipinski definition) is 1. The molecule has 2 nitrogen and oxygen atoms in total. The average Bonchev–Trinajstić information content (AvgIpc) is 2.52. The Hall–Kier alpha value is -0.370. The second-order valence-corrected chi connectivity index (χ2v) is 5.01. The first-order chi connectivity index (χ1) is 6.73. The van der Waals surface area contributed by atoms with E-state index in [1.54, 1.807) is 0 Å². The number of carbonyl (C=O) groups is 1. The fourth-order valence-corrected chi connectivity index (χ4v) is 3.09. The molecule has 0 heterocycles. The predicted octanol–water partition coefficient (Wildman–Crippen LogP) is 2.44. The number of rotatable bonds is 0. The molecular weight excluding hydrogens is 176 g/mol. The van der Waals surface area contributed by atoms with Crippen molar-refractivity contribution >= 4 is 5.78 Å². The molecule has 0 aromatic carbocycles. The molecule has 2 rings (SSSR count). The maximum absolute atomic E-state index is 12.0. The molecule has 0 amide bonds. The van der Waals surface area contributed by atoms with E-state index in [1.165, 1.54) is 19.3 Å². The fraction of sp³-hybridized carbons (Fsp3) is 0.917. The van der Waals surface area contributed by atoms with Gasteiger partial charge in [0.05, 0.1) is 6.10 Å². The van der Waals surface area contributed by atoms with Gasteiger partial charge in [-0.25, -0.2) is 0 Å². The van der Waals surface area contributed by atoms with E-state index >= 15 is 0 Å². The van der Waals surface area contributed by atoms with Crippen molar-refractivity contribution in [3.63, 3.8) is 0 Å². The van der Waals surface area contributed by atoms with E-state index in [-0.39, 0.29) is 11.5 Å². The van der Waals surface area contributed by atoms with E-state index in [2.05, 4.69) is 0 Å². The van der Waals surface area contributed by atoms with Crippen molar-refractivity contribution in [1.29, 1.82) is 0 Å². The highest BCUT2D eigenvalue weighted by molar-refractivity contribution is 5.85. The van der Waals surface area contributed by atoms with E-state index in [0.717, 1.165) is 38.5 Å². The molecule has 0 saturated heterocycles. The third-order valence-electron chi connectivity index (χ3n) is 3.98. The highest BCUT2D eigenvalue weighted by Gasteiger charge is 2.43. The van der Waals surface area contributed by atoms with Crippen molar-refractivity contribution in [2.24, 2.45) is 5.41 Å². The maximum Gasteiger partial charge on any atom is 0.139 e. The summed E-state index contributed by atoms with van der Waals surface area (Å²) >= 11 is 0. The summed E-state index contributed by atoms with van der Waals surface area (Å²) in [6.07, 6.45) is 8.82. The normalized spacial score (nSPS) is 39.8. The van der Waals surface area contributed by atoms with E-state index in [1.807, 2.05) is 0 Å². The number of carbonyl (C=O) groups excluding carboxylic acids is 1. The van der Waals surface area contributed by atoms with Gasteiger partial charge >= 0.3 is 0 Å². The molecule has 80 valence electrons. The van der Waals surface area contributed by atoms with Crippen LogP contribution in [0, 0.1) is 5.41 Å². The van der Waals surface area contributed by atoms with Crippen LogP contribution in [0.4, 0.5) is 0 Å². The average molecular weight is 196 g/mol.